The number of rotatable bonds is 1. The van der Waals surface area contributed by atoms with Crippen LogP contribution in [0.5, 0.6) is 0 Å². The summed E-state index contributed by atoms with van der Waals surface area (Å²) in [4.78, 5) is 8.27. The number of hydrogen-bond acceptors (Lipinski definition) is 4. The van der Waals surface area contributed by atoms with Gasteiger partial charge in [0.1, 0.15) is 11.6 Å². The molecule has 82 valence electrons. The molecule has 0 saturated carbocycles. The second-order valence-corrected chi connectivity index (χ2v) is 4.39. The van der Waals surface area contributed by atoms with Crippen LogP contribution in [0.3, 0.4) is 0 Å². The molecule has 0 aromatic carbocycles. The lowest BCUT2D eigenvalue weighted by Gasteiger charge is -2.08. The van der Waals surface area contributed by atoms with Crippen LogP contribution in [-0.4, -0.2) is 9.97 Å². The van der Waals surface area contributed by atoms with Gasteiger partial charge in [-0.25, -0.2) is 9.97 Å². The van der Waals surface area contributed by atoms with E-state index in [9.17, 15) is 0 Å². The minimum absolute atomic E-state index is 0.445. The maximum Gasteiger partial charge on any atom is 0.131 e. The molecule has 0 aliphatic carbocycles. The Kier molecular flexibility index (Phi) is 2.78. The van der Waals surface area contributed by atoms with E-state index in [1.54, 1.807) is 6.20 Å². The first kappa shape index (κ1) is 10.9. The average Bonchev–Trinajstić information content (AvgIpc) is 2.22. The topological polar surface area (TPSA) is 77.8 Å². The predicted molar refractivity (Wildman–Crippen MR) is 68.7 cm³/mol. The molecule has 0 fully saturated rings. The summed E-state index contributed by atoms with van der Waals surface area (Å²) in [5, 5.41) is 0. The Bertz CT molecular complexity index is 540. The van der Waals surface area contributed by atoms with Gasteiger partial charge in [-0.15, -0.1) is 0 Å². The monoisotopic (exact) mass is 278 g/mol. The van der Waals surface area contributed by atoms with Crippen LogP contribution in [0.4, 0.5) is 11.6 Å². The van der Waals surface area contributed by atoms with Gasteiger partial charge in [-0.1, -0.05) is 0 Å². The summed E-state index contributed by atoms with van der Waals surface area (Å²) in [5.74, 6) is 0.909. The zero-order chi connectivity index (χ0) is 11.7. The second kappa shape index (κ2) is 4.09. The first-order chi connectivity index (χ1) is 7.58. The van der Waals surface area contributed by atoms with Gasteiger partial charge in [-0.2, -0.15) is 0 Å². The fourth-order valence-corrected chi connectivity index (χ4v) is 1.80. The third kappa shape index (κ3) is 1.99. The van der Waals surface area contributed by atoms with Gasteiger partial charge >= 0.3 is 0 Å². The molecule has 4 nitrogen and oxygen atoms in total. The Morgan fingerprint density at radius 3 is 2.56 bits per heavy atom. The van der Waals surface area contributed by atoms with Crippen molar-refractivity contribution in [3.05, 3.63) is 34.6 Å². The highest BCUT2D eigenvalue weighted by Crippen LogP contribution is 2.30. The van der Waals surface area contributed by atoms with Crippen LogP contribution in [0.1, 0.15) is 5.69 Å². The van der Waals surface area contributed by atoms with Crippen molar-refractivity contribution in [1.82, 2.24) is 9.97 Å². The number of pyridine rings is 2. The lowest BCUT2D eigenvalue weighted by atomic mass is 10.1. The summed E-state index contributed by atoms with van der Waals surface area (Å²) < 4.78 is 0.858. The van der Waals surface area contributed by atoms with E-state index in [2.05, 4.69) is 25.9 Å². The minimum Gasteiger partial charge on any atom is -0.383 e. The lowest BCUT2D eigenvalue weighted by molar-refractivity contribution is 1.21. The largest absolute Gasteiger partial charge is 0.383 e. The maximum absolute atomic E-state index is 5.86. The molecular weight excluding hydrogens is 268 g/mol. The number of nitrogens with zero attached hydrogens (tertiary/aromatic N) is 2. The molecule has 2 rings (SSSR count). The summed E-state index contributed by atoms with van der Waals surface area (Å²) in [6, 6.07) is 5.68. The van der Waals surface area contributed by atoms with Crippen molar-refractivity contribution >= 4 is 27.6 Å². The highest BCUT2D eigenvalue weighted by atomic mass is 79.9. The van der Waals surface area contributed by atoms with Crippen molar-refractivity contribution in [1.29, 1.82) is 0 Å². The fraction of sp³-hybridized carbons (Fsp3) is 0.0909. The number of nitrogen functional groups attached to an aromatic ring is 2. The van der Waals surface area contributed by atoms with E-state index in [1.807, 2.05) is 25.1 Å². The van der Waals surface area contributed by atoms with Gasteiger partial charge in [0.05, 0.1) is 0 Å². The van der Waals surface area contributed by atoms with Crippen LogP contribution in [0.2, 0.25) is 0 Å². The van der Waals surface area contributed by atoms with Gasteiger partial charge < -0.3 is 11.5 Å². The van der Waals surface area contributed by atoms with Crippen LogP contribution >= 0.6 is 15.9 Å². The quantitative estimate of drug-likeness (QED) is 0.840. The van der Waals surface area contributed by atoms with Gasteiger partial charge in [-0.3, -0.25) is 0 Å². The Labute approximate surface area is 102 Å². The molecule has 2 aromatic heterocycles. The Morgan fingerprint density at radius 2 is 1.88 bits per heavy atom. The number of aryl methyl sites for hydroxylation is 1. The molecular formula is C11H11BrN4. The molecule has 2 aromatic rings. The zero-order valence-corrected chi connectivity index (χ0v) is 10.3. The Morgan fingerprint density at radius 1 is 1.12 bits per heavy atom. The summed E-state index contributed by atoms with van der Waals surface area (Å²) in [5.41, 5.74) is 14.1. The highest BCUT2D eigenvalue weighted by molar-refractivity contribution is 9.10. The van der Waals surface area contributed by atoms with Crippen LogP contribution in [0, 0.1) is 6.92 Å². The molecule has 0 amide bonds. The van der Waals surface area contributed by atoms with Crippen molar-refractivity contribution in [2.24, 2.45) is 0 Å². The van der Waals surface area contributed by atoms with Crippen molar-refractivity contribution in [2.45, 2.75) is 6.92 Å². The summed E-state index contributed by atoms with van der Waals surface area (Å²) in [6.07, 6.45) is 1.65. The van der Waals surface area contributed by atoms with Crippen LogP contribution in [-0.2, 0) is 0 Å². The standard InChI is InChI=1S/C11H11BrN4/c1-6-2-3-8(11(14)16-6)9-4-7(12)5-15-10(9)13/h2-5H,1H3,(H2,13,15)(H2,14,16). The predicted octanol–water partition coefficient (Wildman–Crippen LogP) is 2.38. The van der Waals surface area contributed by atoms with Gasteiger partial charge in [0.2, 0.25) is 0 Å². The molecule has 0 spiro atoms. The molecule has 0 unspecified atom stereocenters. The second-order valence-electron chi connectivity index (χ2n) is 3.47. The van der Waals surface area contributed by atoms with Gasteiger partial charge in [0.15, 0.2) is 0 Å². The molecule has 0 atom stereocenters. The van der Waals surface area contributed by atoms with Crippen LogP contribution < -0.4 is 11.5 Å². The zero-order valence-electron chi connectivity index (χ0n) is 8.74. The number of hydrogen-bond donors (Lipinski definition) is 2. The number of anilines is 2. The van der Waals surface area contributed by atoms with Crippen LogP contribution in [0.25, 0.3) is 11.1 Å². The van der Waals surface area contributed by atoms with E-state index in [0.29, 0.717) is 11.6 Å². The van der Waals surface area contributed by atoms with E-state index in [1.165, 1.54) is 0 Å². The molecule has 0 aliphatic rings. The smallest absolute Gasteiger partial charge is 0.131 e. The fourth-order valence-electron chi connectivity index (χ4n) is 1.47. The SMILES string of the molecule is Cc1ccc(-c2cc(Br)cnc2N)c(N)n1. The lowest BCUT2D eigenvalue weighted by Crippen LogP contribution is -1.99. The van der Waals surface area contributed by atoms with E-state index >= 15 is 0 Å². The Balaban J connectivity index is 2.62. The highest BCUT2D eigenvalue weighted by Gasteiger charge is 2.09. The van der Waals surface area contributed by atoms with Crippen molar-refractivity contribution < 1.29 is 0 Å². The van der Waals surface area contributed by atoms with Gasteiger partial charge in [-0.05, 0) is 41.1 Å². The third-order valence-corrected chi connectivity index (χ3v) is 2.67. The van der Waals surface area contributed by atoms with E-state index < -0.39 is 0 Å². The molecule has 5 heteroatoms. The van der Waals surface area contributed by atoms with E-state index in [-0.39, 0.29) is 0 Å². The number of aromatic nitrogens is 2. The maximum atomic E-state index is 5.86. The summed E-state index contributed by atoms with van der Waals surface area (Å²) in [7, 11) is 0. The molecule has 0 bridgehead atoms. The summed E-state index contributed by atoms with van der Waals surface area (Å²) in [6.45, 7) is 1.89. The molecule has 0 radical (unpaired) electrons. The van der Waals surface area contributed by atoms with E-state index in [4.69, 9.17) is 11.5 Å². The third-order valence-electron chi connectivity index (χ3n) is 2.24. The van der Waals surface area contributed by atoms with Crippen molar-refractivity contribution in [2.75, 3.05) is 11.5 Å². The van der Waals surface area contributed by atoms with Gasteiger partial charge in [0.25, 0.3) is 0 Å². The molecule has 4 N–H and O–H groups in total. The normalized spacial score (nSPS) is 10.4. The summed E-state index contributed by atoms with van der Waals surface area (Å²) >= 11 is 3.35. The average molecular weight is 279 g/mol. The van der Waals surface area contributed by atoms with Crippen LogP contribution in [0.15, 0.2) is 28.9 Å². The van der Waals surface area contributed by atoms with E-state index in [0.717, 1.165) is 21.3 Å². The van der Waals surface area contributed by atoms with Crippen molar-refractivity contribution in [3.8, 4) is 11.1 Å². The Hall–Kier alpha value is -1.62. The first-order valence-corrected chi connectivity index (χ1v) is 5.52. The number of nitrogens with two attached hydrogens (primary N) is 2. The van der Waals surface area contributed by atoms with Gasteiger partial charge in [0, 0.05) is 27.5 Å². The molecule has 0 aliphatic heterocycles. The number of halogens is 1. The minimum atomic E-state index is 0.445. The molecule has 0 saturated heterocycles. The van der Waals surface area contributed by atoms with Crippen molar-refractivity contribution in [3.63, 3.8) is 0 Å². The molecule has 2 heterocycles. The first-order valence-electron chi connectivity index (χ1n) is 4.72. The molecule has 16 heavy (non-hydrogen) atoms.